The molecule has 2 aliphatic rings. The van der Waals surface area contributed by atoms with Crippen LogP contribution in [-0.2, 0) is 16.1 Å². The molecule has 2 N–H and O–H groups in total. The van der Waals surface area contributed by atoms with Crippen molar-refractivity contribution in [1.29, 1.82) is 0 Å². The molecule has 8 heteroatoms. The lowest BCUT2D eigenvalue weighted by molar-refractivity contribution is -0.127. The van der Waals surface area contributed by atoms with Crippen LogP contribution in [0.4, 0.5) is 4.79 Å². The van der Waals surface area contributed by atoms with Gasteiger partial charge in [0.05, 0.1) is 36.7 Å². The summed E-state index contributed by atoms with van der Waals surface area (Å²) in [4.78, 5) is 41.4. The standard InChI is InChI=1S/C23H26N4O4/c1-3-27-18-14-26(10-9-19(28)24-13-17-8-5-11-31-17)22(29)20(18)21(25-23(27)30)16-7-4-6-15(2)12-16/h4-8,11-12,21H,3,9-10,13-14H2,1-2H3,(H,24,28)(H,25,30). The second-order valence-corrected chi connectivity index (χ2v) is 7.73. The van der Waals surface area contributed by atoms with Crippen molar-refractivity contribution in [3.05, 3.63) is 70.8 Å². The van der Waals surface area contributed by atoms with Gasteiger partial charge in [-0.25, -0.2) is 4.79 Å². The van der Waals surface area contributed by atoms with Gasteiger partial charge in [-0.3, -0.25) is 14.5 Å². The molecular formula is C23H26N4O4. The van der Waals surface area contributed by atoms with Crippen molar-refractivity contribution in [2.75, 3.05) is 19.6 Å². The normalized spacial score (nSPS) is 18.3. The number of hydrogen-bond donors (Lipinski definition) is 2. The first-order valence-electron chi connectivity index (χ1n) is 10.4. The van der Waals surface area contributed by atoms with Gasteiger partial charge in [0.25, 0.3) is 5.91 Å². The summed E-state index contributed by atoms with van der Waals surface area (Å²) in [5, 5.41) is 5.77. The Labute approximate surface area is 180 Å². The highest BCUT2D eigenvalue weighted by molar-refractivity contribution is 6.01. The zero-order valence-corrected chi connectivity index (χ0v) is 17.7. The number of nitrogens with zero attached hydrogens (tertiary/aromatic N) is 2. The van der Waals surface area contributed by atoms with Gasteiger partial charge in [0.1, 0.15) is 5.76 Å². The van der Waals surface area contributed by atoms with Gasteiger partial charge in [-0.05, 0) is 31.5 Å². The van der Waals surface area contributed by atoms with Gasteiger partial charge in [0.2, 0.25) is 5.91 Å². The van der Waals surface area contributed by atoms with Crippen molar-refractivity contribution in [2.45, 2.75) is 32.9 Å². The summed E-state index contributed by atoms with van der Waals surface area (Å²) in [7, 11) is 0. The highest BCUT2D eigenvalue weighted by Gasteiger charge is 2.43. The first-order valence-corrected chi connectivity index (χ1v) is 10.4. The monoisotopic (exact) mass is 422 g/mol. The summed E-state index contributed by atoms with van der Waals surface area (Å²) in [6, 6.07) is 10.7. The SMILES string of the molecule is CCN1C(=O)NC(c2cccc(C)c2)C2=C1CN(CCC(=O)NCc1ccco1)C2=O. The molecule has 2 aromatic rings. The van der Waals surface area contributed by atoms with Crippen LogP contribution in [0.5, 0.6) is 0 Å². The minimum absolute atomic E-state index is 0.140. The second-order valence-electron chi connectivity index (χ2n) is 7.73. The lowest BCUT2D eigenvalue weighted by atomic mass is 9.94. The number of likely N-dealkylation sites (N-methyl/N-ethyl adjacent to an activating group) is 1. The van der Waals surface area contributed by atoms with E-state index >= 15 is 0 Å². The topological polar surface area (TPSA) is 94.9 Å². The van der Waals surface area contributed by atoms with Crippen LogP contribution in [0, 0.1) is 6.92 Å². The van der Waals surface area contributed by atoms with Crippen molar-refractivity contribution < 1.29 is 18.8 Å². The molecule has 162 valence electrons. The Morgan fingerprint density at radius 3 is 2.81 bits per heavy atom. The van der Waals surface area contributed by atoms with Gasteiger partial charge in [0, 0.05) is 19.5 Å². The number of carbonyl (C=O) groups excluding carboxylic acids is 3. The number of hydrogen-bond acceptors (Lipinski definition) is 4. The number of urea groups is 1. The maximum Gasteiger partial charge on any atom is 0.322 e. The smallest absolute Gasteiger partial charge is 0.322 e. The van der Waals surface area contributed by atoms with Crippen LogP contribution in [-0.4, -0.2) is 47.3 Å². The summed E-state index contributed by atoms with van der Waals surface area (Å²) < 4.78 is 5.21. The molecule has 0 saturated heterocycles. The van der Waals surface area contributed by atoms with E-state index in [1.54, 1.807) is 28.2 Å². The largest absolute Gasteiger partial charge is 0.467 e. The minimum Gasteiger partial charge on any atom is -0.467 e. The maximum atomic E-state index is 13.3. The summed E-state index contributed by atoms with van der Waals surface area (Å²) in [6.07, 6.45) is 1.73. The van der Waals surface area contributed by atoms with Gasteiger partial charge in [-0.2, -0.15) is 0 Å². The Balaban J connectivity index is 1.47. The zero-order valence-electron chi connectivity index (χ0n) is 17.7. The fraction of sp³-hybridized carbons (Fsp3) is 0.348. The van der Waals surface area contributed by atoms with Crippen molar-refractivity contribution >= 4 is 17.8 Å². The van der Waals surface area contributed by atoms with Gasteiger partial charge in [-0.15, -0.1) is 0 Å². The molecule has 4 rings (SSSR count). The first kappa shape index (κ1) is 20.7. The lowest BCUT2D eigenvalue weighted by Crippen LogP contribution is -2.47. The third-order valence-electron chi connectivity index (χ3n) is 5.64. The van der Waals surface area contributed by atoms with Crippen LogP contribution in [0.3, 0.4) is 0 Å². The predicted molar refractivity (Wildman–Crippen MR) is 114 cm³/mol. The van der Waals surface area contributed by atoms with Crippen LogP contribution < -0.4 is 10.6 Å². The van der Waals surface area contributed by atoms with Crippen molar-refractivity contribution in [2.24, 2.45) is 0 Å². The molecule has 1 aromatic heterocycles. The van der Waals surface area contributed by atoms with E-state index < -0.39 is 6.04 Å². The Hall–Kier alpha value is -3.55. The zero-order chi connectivity index (χ0) is 22.0. The van der Waals surface area contributed by atoms with Gasteiger partial charge in [0.15, 0.2) is 0 Å². The van der Waals surface area contributed by atoms with Gasteiger partial charge < -0.3 is 20.0 Å². The molecule has 2 aliphatic heterocycles. The summed E-state index contributed by atoms with van der Waals surface area (Å²) >= 11 is 0. The molecule has 0 spiro atoms. The number of furan rings is 1. The van der Waals surface area contributed by atoms with Crippen LogP contribution in [0.2, 0.25) is 0 Å². The summed E-state index contributed by atoms with van der Waals surface area (Å²) in [5.41, 5.74) is 3.24. The molecule has 8 nitrogen and oxygen atoms in total. The quantitative estimate of drug-likeness (QED) is 0.717. The molecule has 31 heavy (non-hydrogen) atoms. The van der Waals surface area contributed by atoms with E-state index in [0.29, 0.717) is 31.0 Å². The maximum absolute atomic E-state index is 13.3. The molecule has 0 bridgehead atoms. The Morgan fingerprint density at radius 2 is 2.10 bits per heavy atom. The number of nitrogens with one attached hydrogen (secondary N) is 2. The fourth-order valence-electron chi connectivity index (χ4n) is 4.09. The molecule has 0 radical (unpaired) electrons. The van der Waals surface area contributed by atoms with Gasteiger partial charge in [-0.1, -0.05) is 29.8 Å². The lowest BCUT2D eigenvalue weighted by Gasteiger charge is -2.33. The van der Waals surface area contributed by atoms with Crippen molar-refractivity contribution in [1.82, 2.24) is 20.4 Å². The van der Waals surface area contributed by atoms with Crippen molar-refractivity contribution in [3.63, 3.8) is 0 Å². The average Bonchev–Trinajstić information content (AvgIpc) is 3.38. The Bertz CT molecular complexity index is 1030. The Kier molecular flexibility index (Phi) is 5.79. The third-order valence-corrected chi connectivity index (χ3v) is 5.64. The third kappa shape index (κ3) is 4.19. The molecule has 1 unspecified atom stereocenters. The van der Waals surface area contributed by atoms with Crippen LogP contribution in [0.25, 0.3) is 0 Å². The molecule has 0 fully saturated rings. The first-order chi connectivity index (χ1) is 15.0. The second kappa shape index (κ2) is 8.67. The minimum atomic E-state index is -0.490. The van der Waals surface area contributed by atoms with Crippen molar-refractivity contribution in [3.8, 4) is 0 Å². The molecule has 1 atom stereocenters. The van der Waals surface area contributed by atoms with Crippen LogP contribution in [0.15, 0.2) is 58.3 Å². The number of amides is 4. The van der Waals surface area contributed by atoms with E-state index in [2.05, 4.69) is 10.6 Å². The molecule has 3 heterocycles. The van der Waals surface area contributed by atoms with E-state index in [9.17, 15) is 14.4 Å². The van der Waals surface area contributed by atoms with E-state index in [0.717, 1.165) is 16.8 Å². The molecule has 0 aliphatic carbocycles. The Morgan fingerprint density at radius 1 is 1.26 bits per heavy atom. The fourth-order valence-corrected chi connectivity index (χ4v) is 4.09. The number of benzene rings is 1. The predicted octanol–water partition coefficient (Wildman–Crippen LogP) is 2.48. The summed E-state index contributed by atoms with van der Waals surface area (Å²) in [6.45, 7) is 5.24. The average molecular weight is 422 g/mol. The molecule has 0 saturated carbocycles. The van der Waals surface area contributed by atoms with Crippen LogP contribution >= 0.6 is 0 Å². The van der Waals surface area contributed by atoms with E-state index in [-0.39, 0.29) is 30.8 Å². The number of carbonyl (C=O) groups is 3. The van der Waals surface area contributed by atoms with E-state index in [1.807, 2.05) is 38.1 Å². The number of aryl methyl sites for hydroxylation is 1. The van der Waals surface area contributed by atoms with E-state index in [1.165, 1.54) is 0 Å². The highest BCUT2D eigenvalue weighted by Crippen LogP contribution is 2.36. The molecule has 4 amide bonds. The molecule has 1 aromatic carbocycles. The van der Waals surface area contributed by atoms with E-state index in [4.69, 9.17) is 4.42 Å². The van der Waals surface area contributed by atoms with Crippen LogP contribution in [0.1, 0.15) is 36.3 Å². The van der Waals surface area contributed by atoms with Gasteiger partial charge >= 0.3 is 6.03 Å². The molecular weight excluding hydrogens is 396 g/mol. The highest BCUT2D eigenvalue weighted by atomic mass is 16.3. The summed E-state index contributed by atoms with van der Waals surface area (Å²) in [5.74, 6) is 0.372. The number of rotatable bonds is 7.